The van der Waals surface area contributed by atoms with Crippen LogP contribution in [-0.4, -0.2) is 83.7 Å². The fourth-order valence-corrected chi connectivity index (χ4v) is 6.15. The molecule has 5 rings (SSSR count). The first kappa shape index (κ1) is 32.7. The van der Waals surface area contributed by atoms with Crippen LogP contribution in [0, 0.1) is 11.6 Å². The SMILES string of the molecule is O=C(O)c1ccc(COCCCN2C(=O)/C(=C/c3cc(-c4ccc(F)c(F)c4)ccc3OCCN3CCOCC3)SC2=S)cc1. The number of benzene rings is 3. The third kappa shape index (κ3) is 8.74. The highest BCUT2D eigenvalue weighted by Crippen LogP contribution is 2.36. The maximum absolute atomic E-state index is 14.0. The molecule has 2 fully saturated rings. The number of morpholine rings is 1. The normalized spacial score (nSPS) is 16.5. The second-order valence-electron chi connectivity index (χ2n) is 10.4. The van der Waals surface area contributed by atoms with Gasteiger partial charge in [-0.3, -0.25) is 14.6 Å². The number of halogens is 2. The molecule has 12 heteroatoms. The molecular weight excluding hydrogens is 623 g/mol. The van der Waals surface area contributed by atoms with Crippen molar-refractivity contribution in [3.63, 3.8) is 0 Å². The maximum atomic E-state index is 14.0. The van der Waals surface area contributed by atoms with Gasteiger partial charge >= 0.3 is 5.97 Å². The molecule has 2 saturated heterocycles. The molecule has 45 heavy (non-hydrogen) atoms. The van der Waals surface area contributed by atoms with E-state index in [0.717, 1.165) is 30.8 Å². The van der Waals surface area contributed by atoms with Gasteiger partial charge in [-0.2, -0.15) is 0 Å². The predicted octanol–water partition coefficient (Wildman–Crippen LogP) is 5.85. The number of carboxylic acid groups (broad SMARTS) is 1. The van der Waals surface area contributed by atoms with Crippen LogP contribution >= 0.6 is 24.0 Å². The first-order chi connectivity index (χ1) is 21.8. The van der Waals surface area contributed by atoms with Crippen LogP contribution in [-0.2, 0) is 20.9 Å². The van der Waals surface area contributed by atoms with E-state index in [1.165, 1.54) is 34.9 Å². The maximum Gasteiger partial charge on any atom is 0.335 e. The number of thiocarbonyl (C=S) groups is 1. The van der Waals surface area contributed by atoms with E-state index in [1.54, 1.807) is 36.4 Å². The van der Waals surface area contributed by atoms with Gasteiger partial charge in [-0.05, 0) is 65.6 Å². The average molecular weight is 655 g/mol. The summed E-state index contributed by atoms with van der Waals surface area (Å²) >= 11 is 6.71. The largest absolute Gasteiger partial charge is 0.492 e. The van der Waals surface area contributed by atoms with E-state index in [-0.39, 0.29) is 11.5 Å². The summed E-state index contributed by atoms with van der Waals surface area (Å²) in [4.78, 5) is 28.6. The number of carbonyl (C=O) groups excluding carboxylic acids is 1. The molecule has 0 saturated carbocycles. The standard InChI is InChI=1S/C33H32F2N2O6S2/c34-27-8-6-25(19-28(27)35)24-7-9-29(43-17-13-36-11-15-41-16-12-36)26(18-24)20-30-31(38)37(33(44)45-30)10-1-14-42-21-22-2-4-23(5-3-22)32(39)40/h2-9,18-20H,1,10-17,21H2,(H,39,40)/b30-20-. The highest BCUT2D eigenvalue weighted by Gasteiger charge is 2.32. The summed E-state index contributed by atoms with van der Waals surface area (Å²) in [5.74, 6) is -2.52. The summed E-state index contributed by atoms with van der Waals surface area (Å²) in [7, 11) is 0. The Morgan fingerprint density at radius 3 is 2.44 bits per heavy atom. The van der Waals surface area contributed by atoms with E-state index in [0.29, 0.717) is 84.2 Å². The summed E-state index contributed by atoms with van der Waals surface area (Å²) in [6.07, 6.45) is 2.28. The molecule has 0 atom stereocenters. The van der Waals surface area contributed by atoms with Crippen molar-refractivity contribution in [1.82, 2.24) is 9.80 Å². The Balaban J connectivity index is 1.24. The zero-order valence-electron chi connectivity index (χ0n) is 24.4. The Kier molecular flexibility index (Phi) is 11.3. The Morgan fingerprint density at radius 2 is 1.71 bits per heavy atom. The van der Waals surface area contributed by atoms with Crippen molar-refractivity contribution in [1.29, 1.82) is 0 Å². The summed E-state index contributed by atoms with van der Waals surface area (Å²) in [5.41, 5.74) is 2.82. The van der Waals surface area contributed by atoms with Gasteiger partial charge in [0.25, 0.3) is 5.91 Å². The van der Waals surface area contributed by atoms with Gasteiger partial charge in [0.1, 0.15) is 16.7 Å². The second kappa shape index (κ2) is 15.5. The number of carboxylic acids is 1. The number of ether oxygens (including phenoxy) is 3. The molecule has 0 aliphatic carbocycles. The first-order valence-corrected chi connectivity index (χ1v) is 15.7. The molecule has 8 nitrogen and oxygen atoms in total. The van der Waals surface area contributed by atoms with Crippen molar-refractivity contribution in [2.24, 2.45) is 0 Å². The van der Waals surface area contributed by atoms with E-state index < -0.39 is 17.6 Å². The molecule has 0 bridgehead atoms. The quantitative estimate of drug-likeness (QED) is 0.139. The number of aromatic carboxylic acids is 1. The van der Waals surface area contributed by atoms with Crippen molar-refractivity contribution in [3.8, 4) is 16.9 Å². The van der Waals surface area contributed by atoms with Gasteiger partial charge in [-0.1, -0.05) is 48.2 Å². The van der Waals surface area contributed by atoms with Crippen LogP contribution < -0.4 is 4.74 Å². The summed E-state index contributed by atoms with van der Waals surface area (Å²) < 4.78 is 45.3. The molecule has 1 amide bonds. The number of carbonyl (C=O) groups is 2. The molecule has 3 aromatic carbocycles. The second-order valence-corrected chi connectivity index (χ2v) is 12.1. The molecule has 0 spiro atoms. The van der Waals surface area contributed by atoms with Crippen molar-refractivity contribution in [3.05, 3.63) is 93.9 Å². The van der Waals surface area contributed by atoms with E-state index in [4.69, 9.17) is 31.5 Å². The van der Waals surface area contributed by atoms with Gasteiger partial charge in [0.15, 0.2) is 11.6 Å². The van der Waals surface area contributed by atoms with E-state index >= 15 is 0 Å². The third-order valence-electron chi connectivity index (χ3n) is 7.33. The van der Waals surface area contributed by atoms with Crippen LogP contribution in [0.4, 0.5) is 8.78 Å². The fourth-order valence-electron chi connectivity index (χ4n) is 4.85. The number of thioether (sulfide) groups is 1. The molecule has 2 aliphatic heterocycles. The number of nitrogens with zero attached hydrogens (tertiary/aromatic N) is 2. The van der Waals surface area contributed by atoms with Crippen LogP contribution in [0.2, 0.25) is 0 Å². The predicted molar refractivity (Wildman–Crippen MR) is 172 cm³/mol. The first-order valence-electron chi connectivity index (χ1n) is 14.5. The molecule has 2 heterocycles. The average Bonchev–Trinajstić information content (AvgIpc) is 3.30. The fraction of sp³-hybridized carbons (Fsp3) is 0.303. The third-order valence-corrected chi connectivity index (χ3v) is 8.71. The summed E-state index contributed by atoms with van der Waals surface area (Å²) in [6.45, 7) is 5.25. The Bertz CT molecular complexity index is 1580. The van der Waals surface area contributed by atoms with Gasteiger partial charge in [-0.25, -0.2) is 13.6 Å². The topological polar surface area (TPSA) is 88.5 Å². The number of hydrogen-bond donors (Lipinski definition) is 1. The van der Waals surface area contributed by atoms with E-state index in [1.807, 2.05) is 0 Å². The zero-order valence-corrected chi connectivity index (χ0v) is 26.0. The molecular formula is C33H32F2N2O6S2. The highest BCUT2D eigenvalue weighted by molar-refractivity contribution is 8.26. The van der Waals surface area contributed by atoms with Crippen molar-refractivity contribution < 1.29 is 37.7 Å². The van der Waals surface area contributed by atoms with Crippen LogP contribution in [0.25, 0.3) is 17.2 Å². The van der Waals surface area contributed by atoms with Gasteiger partial charge in [0.05, 0.1) is 30.3 Å². The molecule has 2 aliphatic rings. The van der Waals surface area contributed by atoms with Crippen LogP contribution in [0.1, 0.15) is 27.9 Å². The molecule has 236 valence electrons. The zero-order chi connectivity index (χ0) is 31.8. The van der Waals surface area contributed by atoms with Crippen molar-refractivity contribution >= 4 is 46.3 Å². The minimum Gasteiger partial charge on any atom is -0.492 e. The molecule has 1 N–H and O–H groups in total. The summed E-state index contributed by atoms with van der Waals surface area (Å²) in [6, 6.07) is 15.5. The molecule has 3 aromatic rings. The van der Waals surface area contributed by atoms with Crippen molar-refractivity contribution in [2.75, 3.05) is 52.6 Å². The number of hydrogen-bond acceptors (Lipinski definition) is 8. The van der Waals surface area contributed by atoms with Crippen molar-refractivity contribution in [2.45, 2.75) is 13.0 Å². The van der Waals surface area contributed by atoms with Crippen LogP contribution in [0.15, 0.2) is 65.6 Å². The molecule has 0 radical (unpaired) electrons. The number of rotatable bonds is 13. The lowest BCUT2D eigenvalue weighted by Gasteiger charge is -2.26. The lowest BCUT2D eigenvalue weighted by atomic mass is 10.0. The van der Waals surface area contributed by atoms with Gasteiger partial charge in [0.2, 0.25) is 0 Å². The van der Waals surface area contributed by atoms with Gasteiger partial charge in [0, 0.05) is 38.3 Å². The Morgan fingerprint density at radius 1 is 0.978 bits per heavy atom. The minimum atomic E-state index is -0.983. The monoisotopic (exact) mass is 654 g/mol. The smallest absolute Gasteiger partial charge is 0.335 e. The Hall–Kier alpha value is -3.68. The highest BCUT2D eigenvalue weighted by atomic mass is 32.2. The minimum absolute atomic E-state index is 0.212. The van der Waals surface area contributed by atoms with Crippen LogP contribution in [0.3, 0.4) is 0 Å². The van der Waals surface area contributed by atoms with E-state index in [2.05, 4.69) is 4.90 Å². The summed E-state index contributed by atoms with van der Waals surface area (Å²) in [5, 5.41) is 9.02. The molecule has 0 aromatic heterocycles. The molecule has 0 unspecified atom stereocenters. The van der Waals surface area contributed by atoms with Gasteiger partial charge < -0.3 is 19.3 Å². The lowest BCUT2D eigenvalue weighted by molar-refractivity contribution is -0.122. The van der Waals surface area contributed by atoms with E-state index in [9.17, 15) is 18.4 Å². The number of amides is 1. The lowest BCUT2D eigenvalue weighted by Crippen LogP contribution is -2.38. The van der Waals surface area contributed by atoms with Gasteiger partial charge in [-0.15, -0.1) is 0 Å². The van der Waals surface area contributed by atoms with Crippen LogP contribution in [0.5, 0.6) is 5.75 Å². The Labute approximate surface area is 269 Å².